The summed E-state index contributed by atoms with van der Waals surface area (Å²) >= 11 is 0. The second-order valence-corrected chi connectivity index (χ2v) is 9.70. The highest BCUT2D eigenvalue weighted by molar-refractivity contribution is 5.98. The summed E-state index contributed by atoms with van der Waals surface area (Å²) in [4.78, 5) is 13.8. The van der Waals surface area contributed by atoms with E-state index in [0.29, 0.717) is 17.9 Å². The third-order valence-corrected chi connectivity index (χ3v) is 6.85. The number of benzene rings is 2. The molecule has 4 aromatic rings. The summed E-state index contributed by atoms with van der Waals surface area (Å²) in [5.74, 6) is 1.83. The molecule has 0 spiro atoms. The number of nitrogens with one attached hydrogen (secondary N) is 3. The van der Waals surface area contributed by atoms with Gasteiger partial charge >= 0.3 is 0 Å². The first-order chi connectivity index (χ1) is 18.0. The molecule has 3 atom stereocenters. The van der Waals surface area contributed by atoms with Gasteiger partial charge < -0.3 is 25.8 Å². The molecule has 3 unspecified atom stereocenters. The predicted octanol–water partition coefficient (Wildman–Crippen LogP) is 5.14. The second-order valence-electron chi connectivity index (χ2n) is 9.70. The lowest BCUT2D eigenvalue weighted by atomic mass is 10.0. The maximum atomic E-state index is 9.98. The van der Waals surface area contributed by atoms with Crippen LogP contribution >= 0.6 is 0 Å². The van der Waals surface area contributed by atoms with Gasteiger partial charge in [0.25, 0.3) is 0 Å². The van der Waals surface area contributed by atoms with E-state index in [0.717, 1.165) is 65.0 Å². The summed E-state index contributed by atoms with van der Waals surface area (Å²) in [6, 6.07) is 16.1. The van der Waals surface area contributed by atoms with Gasteiger partial charge in [0, 0.05) is 47.5 Å². The fraction of sp³-hybridized carbons (Fsp3) is 0.345. The maximum Gasteiger partial charge on any atom is 0.228 e. The van der Waals surface area contributed by atoms with E-state index in [-0.39, 0.29) is 6.04 Å². The van der Waals surface area contributed by atoms with Crippen LogP contribution in [0.4, 0.5) is 11.6 Å². The summed E-state index contributed by atoms with van der Waals surface area (Å²) in [6.45, 7) is 7.73. The monoisotopic (exact) mass is 498 g/mol. The Morgan fingerprint density at radius 2 is 1.92 bits per heavy atom. The molecule has 1 saturated heterocycles. The van der Waals surface area contributed by atoms with Crippen LogP contribution in [0.3, 0.4) is 0 Å². The molecule has 0 aliphatic carbocycles. The Morgan fingerprint density at radius 3 is 2.73 bits per heavy atom. The molecule has 5 rings (SSSR count). The zero-order valence-corrected chi connectivity index (χ0v) is 21.5. The average molecular weight is 499 g/mol. The van der Waals surface area contributed by atoms with Crippen molar-refractivity contribution in [2.45, 2.75) is 51.8 Å². The number of hydrogen-bond donors (Lipinski definition) is 4. The highest BCUT2D eigenvalue weighted by Crippen LogP contribution is 2.38. The minimum absolute atomic E-state index is 0.0939. The Balaban J connectivity index is 1.48. The van der Waals surface area contributed by atoms with Gasteiger partial charge in [-0.15, -0.1) is 0 Å². The number of ether oxygens (including phenoxy) is 1. The van der Waals surface area contributed by atoms with E-state index in [1.165, 1.54) is 0 Å². The largest absolute Gasteiger partial charge is 0.437 e. The normalized spacial score (nSPS) is 17.2. The molecule has 1 aliphatic rings. The van der Waals surface area contributed by atoms with E-state index in [1.54, 1.807) is 19.3 Å². The topological polar surface area (TPSA) is 104 Å². The van der Waals surface area contributed by atoms with Crippen molar-refractivity contribution in [3.63, 3.8) is 0 Å². The average Bonchev–Trinajstić information content (AvgIpc) is 2.91. The molecule has 4 N–H and O–H groups in total. The summed E-state index contributed by atoms with van der Waals surface area (Å²) in [7, 11) is 0. The van der Waals surface area contributed by atoms with Crippen molar-refractivity contribution in [2.24, 2.45) is 0 Å². The molecule has 8 heteroatoms. The van der Waals surface area contributed by atoms with E-state index in [1.807, 2.05) is 56.3 Å². The SMILES string of the molecule is Cc1ccc2c(NC(C)C(C)O)cccc2c1Oc1ncccc1-c1ccnc(NC2CCCNC2)n1. The Bertz CT molecular complexity index is 1370. The van der Waals surface area contributed by atoms with Gasteiger partial charge in [0.2, 0.25) is 11.8 Å². The standard InChI is InChI=1S/C29H34N6O2/c1-18-11-12-22-23(8-4-10-25(22)33-19(2)20(3)36)27(18)37-28-24(9-6-15-31-28)26-13-16-32-29(35-26)34-21-7-5-14-30-17-21/h4,6,8-13,15-16,19-21,30,33,36H,5,7,14,17H2,1-3H3,(H,32,34,35). The smallest absolute Gasteiger partial charge is 0.228 e. The molecule has 192 valence electrons. The first-order valence-corrected chi connectivity index (χ1v) is 12.9. The second kappa shape index (κ2) is 11.1. The molecule has 0 saturated carbocycles. The highest BCUT2D eigenvalue weighted by atomic mass is 16.5. The van der Waals surface area contributed by atoms with Gasteiger partial charge in [0.1, 0.15) is 5.75 Å². The van der Waals surface area contributed by atoms with Gasteiger partial charge in [-0.2, -0.15) is 0 Å². The molecule has 37 heavy (non-hydrogen) atoms. The van der Waals surface area contributed by atoms with Crippen LogP contribution in [-0.2, 0) is 0 Å². The number of piperidine rings is 1. The van der Waals surface area contributed by atoms with Crippen LogP contribution in [0, 0.1) is 6.92 Å². The summed E-state index contributed by atoms with van der Waals surface area (Å²) < 4.78 is 6.53. The lowest BCUT2D eigenvalue weighted by molar-refractivity contribution is 0.178. The lowest BCUT2D eigenvalue weighted by Gasteiger charge is -2.23. The number of rotatable bonds is 8. The molecule has 0 bridgehead atoms. The molecule has 0 radical (unpaired) electrons. The van der Waals surface area contributed by atoms with Crippen molar-refractivity contribution in [2.75, 3.05) is 23.7 Å². The Hall–Kier alpha value is -3.75. The van der Waals surface area contributed by atoms with Gasteiger partial charge in [-0.25, -0.2) is 15.0 Å². The Labute approximate surface area is 217 Å². The quantitative estimate of drug-likeness (QED) is 0.265. The molecule has 2 aromatic carbocycles. The number of hydrogen-bond acceptors (Lipinski definition) is 8. The van der Waals surface area contributed by atoms with Crippen LogP contribution in [0.5, 0.6) is 11.6 Å². The highest BCUT2D eigenvalue weighted by Gasteiger charge is 2.18. The van der Waals surface area contributed by atoms with E-state index >= 15 is 0 Å². The minimum Gasteiger partial charge on any atom is -0.437 e. The lowest BCUT2D eigenvalue weighted by Crippen LogP contribution is -2.38. The number of nitrogens with zero attached hydrogens (tertiary/aromatic N) is 3. The fourth-order valence-corrected chi connectivity index (χ4v) is 4.57. The molecule has 0 amide bonds. The number of aliphatic hydroxyl groups excluding tert-OH is 1. The molecule has 2 aromatic heterocycles. The zero-order chi connectivity index (χ0) is 25.8. The summed E-state index contributed by atoms with van der Waals surface area (Å²) in [5, 5.41) is 22.3. The molecular formula is C29H34N6O2. The van der Waals surface area contributed by atoms with Crippen LogP contribution in [0.15, 0.2) is 60.9 Å². The number of fused-ring (bicyclic) bond motifs is 1. The number of aryl methyl sites for hydroxylation is 1. The Morgan fingerprint density at radius 1 is 1.03 bits per heavy atom. The van der Waals surface area contributed by atoms with Crippen molar-refractivity contribution in [1.82, 2.24) is 20.3 Å². The zero-order valence-electron chi connectivity index (χ0n) is 21.5. The van der Waals surface area contributed by atoms with Gasteiger partial charge in [0.05, 0.1) is 17.4 Å². The van der Waals surface area contributed by atoms with Crippen LogP contribution in [-0.4, -0.2) is 51.3 Å². The fourth-order valence-electron chi connectivity index (χ4n) is 4.57. The van der Waals surface area contributed by atoms with Crippen molar-refractivity contribution in [1.29, 1.82) is 0 Å². The number of pyridine rings is 1. The maximum absolute atomic E-state index is 9.98. The third-order valence-electron chi connectivity index (χ3n) is 6.85. The number of aromatic nitrogens is 3. The van der Waals surface area contributed by atoms with E-state index in [2.05, 4.69) is 32.0 Å². The van der Waals surface area contributed by atoms with Crippen molar-refractivity contribution < 1.29 is 9.84 Å². The Kier molecular flexibility index (Phi) is 7.48. The van der Waals surface area contributed by atoms with Crippen LogP contribution < -0.4 is 20.7 Å². The van der Waals surface area contributed by atoms with E-state index in [9.17, 15) is 5.11 Å². The van der Waals surface area contributed by atoms with E-state index < -0.39 is 6.10 Å². The summed E-state index contributed by atoms with van der Waals surface area (Å²) in [5.41, 5.74) is 3.49. The van der Waals surface area contributed by atoms with Crippen molar-refractivity contribution >= 4 is 22.4 Å². The van der Waals surface area contributed by atoms with Crippen LogP contribution in [0.1, 0.15) is 32.3 Å². The molecule has 1 aliphatic heterocycles. The van der Waals surface area contributed by atoms with E-state index in [4.69, 9.17) is 9.72 Å². The van der Waals surface area contributed by atoms with Gasteiger partial charge in [0.15, 0.2) is 0 Å². The van der Waals surface area contributed by atoms with Crippen LogP contribution in [0.25, 0.3) is 22.0 Å². The number of aliphatic hydroxyl groups is 1. The van der Waals surface area contributed by atoms with Gasteiger partial charge in [-0.05, 0) is 70.0 Å². The predicted molar refractivity (Wildman–Crippen MR) is 148 cm³/mol. The van der Waals surface area contributed by atoms with Gasteiger partial charge in [-0.3, -0.25) is 0 Å². The van der Waals surface area contributed by atoms with Crippen molar-refractivity contribution in [3.05, 3.63) is 66.5 Å². The molecule has 3 heterocycles. The summed E-state index contributed by atoms with van der Waals surface area (Å²) in [6.07, 6.45) is 5.24. The van der Waals surface area contributed by atoms with Crippen molar-refractivity contribution in [3.8, 4) is 22.9 Å². The van der Waals surface area contributed by atoms with Gasteiger partial charge in [-0.1, -0.05) is 24.3 Å². The van der Waals surface area contributed by atoms with Crippen LogP contribution in [0.2, 0.25) is 0 Å². The first kappa shape index (κ1) is 24.9. The molecule has 1 fully saturated rings. The molecule has 8 nitrogen and oxygen atoms in total. The third kappa shape index (κ3) is 5.65. The molecular weight excluding hydrogens is 464 g/mol. The number of anilines is 2. The first-order valence-electron chi connectivity index (χ1n) is 12.9. The minimum atomic E-state index is -0.478.